The largest absolute Gasteiger partial charge is 0.341 e. The summed E-state index contributed by atoms with van der Waals surface area (Å²) in [7, 11) is 1.96. The average Bonchev–Trinajstić information content (AvgIpc) is 2.99. The number of fused-ring (bicyclic) bond motifs is 1. The van der Waals surface area contributed by atoms with Gasteiger partial charge in [0.2, 0.25) is 0 Å². The number of carbonyl (C=O) groups is 1. The molecule has 0 heterocycles. The SMILES string of the molecule is CN(CC1CCCC1)C(=O)c1ccc2c(c1)CCCC2. The average molecular weight is 271 g/mol. The van der Waals surface area contributed by atoms with Gasteiger partial charge in [-0.2, -0.15) is 0 Å². The molecule has 20 heavy (non-hydrogen) atoms. The predicted molar refractivity (Wildman–Crippen MR) is 82.0 cm³/mol. The molecule has 1 aromatic rings. The van der Waals surface area contributed by atoms with Crippen LogP contribution in [0, 0.1) is 5.92 Å². The van der Waals surface area contributed by atoms with Crippen molar-refractivity contribution in [2.24, 2.45) is 5.92 Å². The second-order valence-corrected chi connectivity index (χ2v) is 6.53. The van der Waals surface area contributed by atoms with Crippen LogP contribution in [0.3, 0.4) is 0 Å². The molecule has 2 aliphatic rings. The maximum absolute atomic E-state index is 12.5. The second-order valence-electron chi connectivity index (χ2n) is 6.53. The number of nitrogens with zero attached hydrogens (tertiary/aromatic N) is 1. The lowest BCUT2D eigenvalue weighted by Crippen LogP contribution is -2.31. The van der Waals surface area contributed by atoms with Crippen LogP contribution in [0.1, 0.15) is 60.0 Å². The fourth-order valence-electron chi connectivity index (χ4n) is 3.75. The monoisotopic (exact) mass is 271 g/mol. The van der Waals surface area contributed by atoms with Gasteiger partial charge in [-0.25, -0.2) is 0 Å². The summed E-state index contributed by atoms with van der Waals surface area (Å²) in [5.41, 5.74) is 3.73. The lowest BCUT2D eigenvalue weighted by molar-refractivity contribution is 0.0773. The Hall–Kier alpha value is -1.31. The van der Waals surface area contributed by atoms with Crippen molar-refractivity contribution < 1.29 is 4.79 Å². The molecule has 0 saturated heterocycles. The third-order valence-corrected chi connectivity index (χ3v) is 4.95. The first kappa shape index (κ1) is 13.7. The maximum atomic E-state index is 12.5. The Morgan fingerprint density at radius 3 is 2.55 bits per heavy atom. The van der Waals surface area contributed by atoms with Crippen molar-refractivity contribution in [3.05, 3.63) is 34.9 Å². The van der Waals surface area contributed by atoms with Gasteiger partial charge in [0.05, 0.1) is 0 Å². The summed E-state index contributed by atoms with van der Waals surface area (Å²) in [6.45, 7) is 0.927. The van der Waals surface area contributed by atoms with E-state index in [-0.39, 0.29) is 5.91 Å². The molecule has 1 amide bonds. The molecule has 3 rings (SSSR count). The molecule has 108 valence electrons. The zero-order valence-corrected chi connectivity index (χ0v) is 12.5. The van der Waals surface area contributed by atoms with E-state index in [2.05, 4.69) is 12.1 Å². The molecule has 0 spiro atoms. The van der Waals surface area contributed by atoms with Crippen molar-refractivity contribution in [2.45, 2.75) is 51.4 Å². The Labute approximate surface area is 122 Å². The normalized spacial score (nSPS) is 18.9. The van der Waals surface area contributed by atoms with Crippen LogP contribution in [0.15, 0.2) is 18.2 Å². The van der Waals surface area contributed by atoms with Gasteiger partial charge in [0.1, 0.15) is 0 Å². The minimum Gasteiger partial charge on any atom is -0.341 e. The van der Waals surface area contributed by atoms with Gasteiger partial charge in [-0.15, -0.1) is 0 Å². The molecule has 2 aliphatic carbocycles. The van der Waals surface area contributed by atoms with Crippen LogP contribution >= 0.6 is 0 Å². The summed E-state index contributed by atoms with van der Waals surface area (Å²) in [4.78, 5) is 14.5. The Morgan fingerprint density at radius 1 is 1.10 bits per heavy atom. The number of hydrogen-bond acceptors (Lipinski definition) is 1. The van der Waals surface area contributed by atoms with E-state index < -0.39 is 0 Å². The minimum atomic E-state index is 0.199. The molecule has 1 aromatic carbocycles. The van der Waals surface area contributed by atoms with E-state index in [9.17, 15) is 4.79 Å². The smallest absolute Gasteiger partial charge is 0.253 e. The molecule has 0 bridgehead atoms. The summed E-state index contributed by atoms with van der Waals surface area (Å²) in [5.74, 6) is 0.923. The van der Waals surface area contributed by atoms with E-state index in [0.29, 0.717) is 0 Å². The minimum absolute atomic E-state index is 0.199. The van der Waals surface area contributed by atoms with Crippen LogP contribution in [-0.4, -0.2) is 24.4 Å². The Bertz CT molecular complexity index is 488. The molecular formula is C18H25NO. The van der Waals surface area contributed by atoms with E-state index in [1.807, 2.05) is 18.0 Å². The summed E-state index contributed by atoms with van der Waals surface area (Å²) in [6.07, 6.45) is 10.1. The number of benzene rings is 1. The van der Waals surface area contributed by atoms with Crippen LogP contribution in [0.25, 0.3) is 0 Å². The van der Waals surface area contributed by atoms with Crippen molar-refractivity contribution in [1.82, 2.24) is 4.90 Å². The highest BCUT2D eigenvalue weighted by atomic mass is 16.2. The highest BCUT2D eigenvalue weighted by Gasteiger charge is 2.21. The third-order valence-electron chi connectivity index (χ3n) is 4.95. The number of rotatable bonds is 3. The molecule has 0 N–H and O–H groups in total. The summed E-state index contributed by atoms with van der Waals surface area (Å²) >= 11 is 0. The summed E-state index contributed by atoms with van der Waals surface area (Å²) < 4.78 is 0. The molecule has 0 radical (unpaired) electrons. The lowest BCUT2D eigenvalue weighted by atomic mass is 9.90. The zero-order valence-electron chi connectivity index (χ0n) is 12.5. The van der Waals surface area contributed by atoms with E-state index in [4.69, 9.17) is 0 Å². The van der Waals surface area contributed by atoms with Gasteiger partial charge >= 0.3 is 0 Å². The summed E-state index contributed by atoms with van der Waals surface area (Å²) in [6, 6.07) is 6.34. The van der Waals surface area contributed by atoms with Crippen molar-refractivity contribution in [1.29, 1.82) is 0 Å². The van der Waals surface area contributed by atoms with Crippen LogP contribution in [0.4, 0.5) is 0 Å². The van der Waals surface area contributed by atoms with Crippen molar-refractivity contribution in [3.63, 3.8) is 0 Å². The Balaban J connectivity index is 1.69. The van der Waals surface area contributed by atoms with Gasteiger partial charge in [-0.1, -0.05) is 18.9 Å². The van der Waals surface area contributed by atoms with E-state index >= 15 is 0 Å². The Morgan fingerprint density at radius 2 is 1.80 bits per heavy atom. The molecule has 0 atom stereocenters. The van der Waals surface area contributed by atoms with Crippen LogP contribution < -0.4 is 0 Å². The van der Waals surface area contributed by atoms with E-state index in [0.717, 1.165) is 24.4 Å². The van der Waals surface area contributed by atoms with Gasteiger partial charge in [-0.05, 0) is 67.7 Å². The van der Waals surface area contributed by atoms with Gasteiger partial charge in [0.25, 0.3) is 5.91 Å². The van der Waals surface area contributed by atoms with Crippen molar-refractivity contribution >= 4 is 5.91 Å². The first-order chi connectivity index (χ1) is 9.74. The second kappa shape index (κ2) is 5.99. The molecule has 0 aliphatic heterocycles. The number of aryl methyl sites for hydroxylation is 2. The fourth-order valence-corrected chi connectivity index (χ4v) is 3.75. The quantitative estimate of drug-likeness (QED) is 0.818. The first-order valence-electron chi connectivity index (χ1n) is 8.11. The van der Waals surface area contributed by atoms with Crippen molar-refractivity contribution in [3.8, 4) is 0 Å². The van der Waals surface area contributed by atoms with Gasteiger partial charge < -0.3 is 4.90 Å². The fraction of sp³-hybridized carbons (Fsp3) is 0.611. The third kappa shape index (κ3) is 2.89. The molecule has 2 nitrogen and oxygen atoms in total. The molecule has 1 fully saturated rings. The van der Waals surface area contributed by atoms with Crippen LogP contribution in [0.2, 0.25) is 0 Å². The zero-order chi connectivity index (χ0) is 13.9. The predicted octanol–water partition coefficient (Wildman–Crippen LogP) is 3.83. The molecule has 1 saturated carbocycles. The van der Waals surface area contributed by atoms with E-state index in [1.165, 1.54) is 56.1 Å². The number of carbonyl (C=O) groups excluding carboxylic acids is 1. The highest BCUT2D eigenvalue weighted by Crippen LogP contribution is 2.26. The molecule has 0 unspecified atom stereocenters. The topological polar surface area (TPSA) is 20.3 Å². The molecule has 2 heteroatoms. The van der Waals surface area contributed by atoms with Gasteiger partial charge in [0, 0.05) is 19.2 Å². The van der Waals surface area contributed by atoms with Gasteiger partial charge in [0.15, 0.2) is 0 Å². The lowest BCUT2D eigenvalue weighted by Gasteiger charge is -2.22. The van der Waals surface area contributed by atoms with Crippen LogP contribution in [-0.2, 0) is 12.8 Å². The van der Waals surface area contributed by atoms with E-state index in [1.54, 1.807) is 0 Å². The summed E-state index contributed by atoms with van der Waals surface area (Å²) in [5, 5.41) is 0. The number of amides is 1. The molecule has 0 aromatic heterocycles. The highest BCUT2D eigenvalue weighted by molar-refractivity contribution is 5.94. The number of hydrogen-bond donors (Lipinski definition) is 0. The standard InChI is InChI=1S/C18H25NO/c1-19(13-14-6-2-3-7-14)18(20)17-11-10-15-8-4-5-9-16(15)12-17/h10-12,14H,2-9,13H2,1H3. The van der Waals surface area contributed by atoms with Crippen molar-refractivity contribution in [2.75, 3.05) is 13.6 Å². The maximum Gasteiger partial charge on any atom is 0.253 e. The van der Waals surface area contributed by atoms with Gasteiger partial charge in [-0.3, -0.25) is 4.79 Å². The van der Waals surface area contributed by atoms with Crippen LogP contribution in [0.5, 0.6) is 0 Å². The molecular weight excluding hydrogens is 246 g/mol. The Kier molecular flexibility index (Phi) is 4.09. The first-order valence-corrected chi connectivity index (χ1v) is 8.11.